The molecular weight excluding hydrogens is 402 g/mol. The predicted octanol–water partition coefficient (Wildman–Crippen LogP) is 3.13. The zero-order valence-electron chi connectivity index (χ0n) is 16.8. The zero-order chi connectivity index (χ0) is 21.3. The molecule has 30 heavy (non-hydrogen) atoms. The Morgan fingerprint density at radius 1 is 0.967 bits per heavy atom. The van der Waals surface area contributed by atoms with E-state index in [1.54, 1.807) is 35.9 Å². The Bertz CT molecular complexity index is 990. The normalized spacial score (nSPS) is 10.5. The van der Waals surface area contributed by atoms with Gasteiger partial charge in [-0.05, 0) is 36.4 Å². The molecule has 156 valence electrons. The number of hydrogen-bond donors (Lipinski definition) is 2. The molecule has 1 aromatic heterocycles. The van der Waals surface area contributed by atoms with Gasteiger partial charge in [0.25, 0.3) is 0 Å². The Morgan fingerprint density at radius 2 is 1.63 bits per heavy atom. The van der Waals surface area contributed by atoms with Crippen LogP contribution in [0, 0.1) is 0 Å². The van der Waals surface area contributed by atoms with E-state index in [4.69, 9.17) is 4.74 Å². The third kappa shape index (κ3) is 6.08. The summed E-state index contributed by atoms with van der Waals surface area (Å²) in [6.45, 7) is 0. The van der Waals surface area contributed by atoms with Gasteiger partial charge in [-0.3, -0.25) is 9.59 Å². The fourth-order valence-corrected chi connectivity index (χ4v) is 3.39. The van der Waals surface area contributed by atoms with E-state index >= 15 is 0 Å². The maximum atomic E-state index is 12.2. The van der Waals surface area contributed by atoms with Crippen LogP contribution in [0.15, 0.2) is 59.8 Å². The second kappa shape index (κ2) is 10.4. The number of ether oxygens (including phenoxy) is 1. The van der Waals surface area contributed by atoms with Crippen molar-refractivity contribution in [1.82, 2.24) is 14.8 Å². The largest absolute Gasteiger partial charge is 0.497 e. The van der Waals surface area contributed by atoms with E-state index in [1.165, 1.54) is 11.8 Å². The molecule has 3 rings (SSSR count). The molecule has 2 amide bonds. The van der Waals surface area contributed by atoms with Gasteiger partial charge in [0, 0.05) is 31.3 Å². The monoisotopic (exact) mass is 425 g/mol. The minimum absolute atomic E-state index is 0.111. The molecule has 0 atom stereocenters. The maximum absolute atomic E-state index is 12.2. The van der Waals surface area contributed by atoms with Gasteiger partial charge in [0.05, 0.1) is 12.9 Å². The molecular formula is C21H23N5O3S. The second-order valence-corrected chi connectivity index (χ2v) is 7.38. The van der Waals surface area contributed by atoms with Crippen molar-refractivity contribution in [3.05, 3.63) is 60.4 Å². The zero-order valence-corrected chi connectivity index (χ0v) is 17.6. The summed E-state index contributed by atoms with van der Waals surface area (Å²) >= 11 is 1.30. The molecule has 1 heterocycles. The summed E-state index contributed by atoms with van der Waals surface area (Å²) in [4.78, 5) is 24.3. The van der Waals surface area contributed by atoms with Gasteiger partial charge in [-0.1, -0.05) is 30.0 Å². The topological polar surface area (TPSA) is 98.1 Å². The van der Waals surface area contributed by atoms with E-state index in [-0.39, 0.29) is 24.0 Å². The van der Waals surface area contributed by atoms with Crippen molar-refractivity contribution in [3.8, 4) is 5.75 Å². The van der Waals surface area contributed by atoms with Crippen LogP contribution in [0.4, 0.5) is 11.4 Å². The summed E-state index contributed by atoms with van der Waals surface area (Å²) < 4.78 is 6.91. The van der Waals surface area contributed by atoms with E-state index in [0.29, 0.717) is 23.1 Å². The molecule has 2 N–H and O–H groups in total. The second-order valence-electron chi connectivity index (χ2n) is 6.44. The maximum Gasteiger partial charge on any atom is 0.234 e. The molecule has 0 aliphatic heterocycles. The summed E-state index contributed by atoms with van der Waals surface area (Å²) in [7, 11) is 3.42. The quantitative estimate of drug-likeness (QED) is 0.511. The molecule has 3 aromatic rings. The van der Waals surface area contributed by atoms with Crippen molar-refractivity contribution in [2.75, 3.05) is 23.5 Å². The van der Waals surface area contributed by atoms with Crippen LogP contribution < -0.4 is 15.4 Å². The smallest absolute Gasteiger partial charge is 0.234 e. The molecule has 2 aromatic carbocycles. The minimum Gasteiger partial charge on any atom is -0.497 e. The standard InChI is InChI=1S/C21H23N5O3S/c1-26-18(12-13-19(27)22-16-8-10-17(29-2)11-9-16)24-25-21(26)30-14-20(28)23-15-6-4-3-5-7-15/h3-11H,12-14H2,1-2H3,(H,22,27)(H,23,28). The highest BCUT2D eigenvalue weighted by Gasteiger charge is 2.13. The fraction of sp³-hybridized carbons (Fsp3) is 0.238. The van der Waals surface area contributed by atoms with E-state index in [0.717, 1.165) is 11.4 Å². The van der Waals surface area contributed by atoms with Crippen molar-refractivity contribution < 1.29 is 14.3 Å². The Morgan fingerprint density at radius 3 is 2.33 bits per heavy atom. The summed E-state index contributed by atoms with van der Waals surface area (Å²) in [5.74, 6) is 1.41. The highest BCUT2D eigenvalue weighted by molar-refractivity contribution is 7.99. The van der Waals surface area contributed by atoms with Crippen LogP contribution >= 0.6 is 11.8 Å². The van der Waals surface area contributed by atoms with Crippen LogP contribution in [0.5, 0.6) is 5.75 Å². The summed E-state index contributed by atoms with van der Waals surface area (Å²) in [5.41, 5.74) is 1.46. The van der Waals surface area contributed by atoms with Crippen molar-refractivity contribution in [3.63, 3.8) is 0 Å². The Kier molecular flexibility index (Phi) is 7.45. The molecule has 8 nitrogen and oxygen atoms in total. The van der Waals surface area contributed by atoms with Crippen LogP contribution in [0.2, 0.25) is 0 Å². The summed E-state index contributed by atoms with van der Waals surface area (Å²) in [6, 6.07) is 16.4. The van der Waals surface area contributed by atoms with Gasteiger partial charge < -0.3 is 19.9 Å². The highest BCUT2D eigenvalue weighted by atomic mass is 32.2. The number of para-hydroxylation sites is 1. The minimum atomic E-state index is -0.116. The van der Waals surface area contributed by atoms with Gasteiger partial charge in [-0.15, -0.1) is 10.2 Å². The molecule has 9 heteroatoms. The van der Waals surface area contributed by atoms with Crippen LogP contribution in [-0.2, 0) is 23.1 Å². The van der Waals surface area contributed by atoms with Crippen LogP contribution in [-0.4, -0.2) is 39.4 Å². The summed E-state index contributed by atoms with van der Waals surface area (Å²) in [5, 5.41) is 14.6. The average molecular weight is 426 g/mol. The lowest BCUT2D eigenvalue weighted by atomic mass is 10.2. The molecule has 0 aliphatic carbocycles. The lowest BCUT2D eigenvalue weighted by molar-refractivity contribution is -0.116. The number of aryl methyl sites for hydroxylation is 1. The Hall–Kier alpha value is -3.33. The van der Waals surface area contributed by atoms with Gasteiger partial charge in [0.2, 0.25) is 11.8 Å². The van der Waals surface area contributed by atoms with E-state index < -0.39 is 0 Å². The van der Waals surface area contributed by atoms with Crippen molar-refractivity contribution in [2.24, 2.45) is 7.05 Å². The molecule has 0 fully saturated rings. The van der Waals surface area contributed by atoms with E-state index in [2.05, 4.69) is 20.8 Å². The SMILES string of the molecule is COc1ccc(NC(=O)CCc2nnc(SCC(=O)Nc3ccccc3)n2C)cc1. The molecule has 0 radical (unpaired) electrons. The molecule has 0 bridgehead atoms. The number of benzene rings is 2. The molecule has 0 unspecified atom stereocenters. The number of carbonyl (C=O) groups is 2. The number of carbonyl (C=O) groups excluding carboxylic acids is 2. The van der Waals surface area contributed by atoms with E-state index in [9.17, 15) is 9.59 Å². The lowest BCUT2D eigenvalue weighted by Gasteiger charge is -2.07. The third-order valence-corrected chi connectivity index (χ3v) is 5.28. The first kappa shape index (κ1) is 21.4. The van der Waals surface area contributed by atoms with Crippen LogP contribution in [0.3, 0.4) is 0 Å². The molecule has 0 saturated heterocycles. The van der Waals surface area contributed by atoms with Gasteiger partial charge in [-0.2, -0.15) is 0 Å². The molecule has 0 saturated carbocycles. The van der Waals surface area contributed by atoms with Crippen LogP contribution in [0.1, 0.15) is 12.2 Å². The first-order chi connectivity index (χ1) is 14.5. The number of nitrogens with zero attached hydrogens (tertiary/aromatic N) is 3. The fourth-order valence-electron chi connectivity index (χ4n) is 2.66. The van der Waals surface area contributed by atoms with E-state index in [1.807, 2.05) is 37.4 Å². The predicted molar refractivity (Wildman–Crippen MR) is 117 cm³/mol. The average Bonchev–Trinajstić information content (AvgIpc) is 3.11. The first-order valence-corrected chi connectivity index (χ1v) is 10.3. The van der Waals surface area contributed by atoms with Crippen molar-refractivity contribution >= 4 is 35.0 Å². The summed E-state index contributed by atoms with van der Waals surface area (Å²) in [6.07, 6.45) is 0.722. The van der Waals surface area contributed by atoms with Crippen molar-refractivity contribution in [2.45, 2.75) is 18.0 Å². The van der Waals surface area contributed by atoms with Crippen LogP contribution in [0.25, 0.3) is 0 Å². The highest BCUT2D eigenvalue weighted by Crippen LogP contribution is 2.18. The van der Waals surface area contributed by atoms with Gasteiger partial charge >= 0.3 is 0 Å². The number of hydrogen-bond acceptors (Lipinski definition) is 6. The number of methoxy groups -OCH3 is 1. The number of nitrogens with one attached hydrogen (secondary N) is 2. The number of anilines is 2. The van der Waals surface area contributed by atoms with Gasteiger partial charge in [-0.25, -0.2) is 0 Å². The number of rotatable bonds is 9. The molecule has 0 spiro atoms. The van der Waals surface area contributed by atoms with Gasteiger partial charge in [0.15, 0.2) is 5.16 Å². The number of aromatic nitrogens is 3. The van der Waals surface area contributed by atoms with Crippen molar-refractivity contribution in [1.29, 1.82) is 0 Å². The Balaban J connectivity index is 1.46. The third-order valence-electron chi connectivity index (χ3n) is 4.26. The molecule has 0 aliphatic rings. The number of amides is 2. The van der Waals surface area contributed by atoms with Gasteiger partial charge in [0.1, 0.15) is 11.6 Å². The number of thioether (sulfide) groups is 1. The first-order valence-electron chi connectivity index (χ1n) is 9.35. The lowest BCUT2D eigenvalue weighted by Crippen LogP contribution is -2.15. The Labute approximate surface area is 179 Å².